The van der Waals surface area contributed by atoms with Crippen molar-refractivity contribution < 1.29 is 18.0 Å². The second kappa shape index (κ2) is 5.78. The van der Waals surface area contributed by atoms with Gasteiger partial charge >= 0.3 is 7.60 Å². The molecule has 0 aliphatic heterocycles. The van der Waals surface area contributed by atoms with E-state index in [1.807, 2.05) is 0 Å². The zero-order valence-electron chi connectivity index (χ0n) is 9.07. The molecule has 0 saturated heterocycles. The normalized spacial score (nSPS) is 11.8. The minimum Gasteiger partial charge on any atom is -0.305 e. The summed E-state index contributed by atoms with van der Waals surface area (Å²) in [5.41, 5.74) is 0. The molecule has 0 aliphatic rings. The van der Waals surface area contributed by atoms with Crippen molar-refractivity contribution in [1.29, 1.82) is 0 Å². The van der Waals surface area contributed by atoms with Gasteiger partial charge in [0.1, 0.15) is 5.82 Å². The lowest BCUT2D eigenvalue weighted by atomic mass is 10.3. The van der Waals surface area contributed by atoms with Crippen molar-refractivity contribution in [3.8, 4) is 0 Å². The standard InChI is InChI=1S/C10H13ClFO3P/c1-3-14-16(13,15-4-2)10-6-8(11)5-9(12)7-10/h5-7H,3-4H2,1-2H3. The number of benzene rings is 1. The topological polar surface area (TPSA) is 35.5 Å². The van der Waals surface area contributed by atoms with E-state index in [1.165, 1.54) is 6.07 Å². The van der Waals surface area contributed by atoms with Crippen molar-refractivity contribution in [2.45, 2.75) is 13.8 Å². The van der Waals surface area contributed by atoms with Crippen LogP contribution in [-0.4, -0.2) is 13.2 Å². The van der Waals surface area contributed by atoms with Gasteiger partial charge in [0.2, 0.25) is 0 Å². The molecule has 1 aromatic rings. The molecule has 0 saturated carbocycles. The highest BCUT2D eigenvalue weighted by atomic mass is 35.5. The van der Waals surface area contributed by atoms with Crippen molar-refractivity contribution in [2.75, 3.05) is 13.2 Å². The zero-order chi connectivity index (χ0) is 12.2. The lowest BCUT2D eigenvalue weighted by molar-refractivity contribution is 0.230. The minimum absolute atomic E-state index is 0.140. The predicted octanol–water partition coefficient (Wildman–Crippen LogP) is 3.37. The lowest BCUT2D eigenvalue weighted by Crippen LogP contribution is -2.11. The maximum absolute atomic E-state index is 13.1. The van der Waals surface area contributed by atoms with Gasteiger partial charge in [-0.15, -0.1) is 0 Å². The third kappa shape index (κ3) is 3.29. The van der Waals surface area contributed by atoms with Crippen molar-refractivity contribution in [3.63, 3.8) is 0 Å². The van der Waals surface area contributed by atoms with Crippen LogP contribution in [0.1, 0.15) is 13.8 Å². The van der Waals surface area contributed by atoms with E-state index in [0.717, 1.165) is 12.1 Å². The van der Waals surface area contributed by atoms with Crippen LogP contribution in [-0.2, 0) is 13.6 Å². The molecule has 0 spiro atoms. The summed E-state index contributed by atoms with van der Waals surface area (Å²) in [5.74, 6) is -0.567. The molecule has 6 heteroatoms. The van der Waals surface area contributed by atoms with Gasteiger partial charge in [-0.2, -0.15) is 0 Å². The SMILES string of the molecule is CCOP(=O)(OCC)c1cc(F)cc(Cl)c1. The number of hydrogen-bond donors (Lipinski definition) is 0. The zero-order valence-corrected chi connectivity index (χ0v) is 10.7. The van der Waals surface area contributed by atoms with Crippen LogP contribution in [0.4, 0.5) is 4.39 Å². The van der Waals surface area contributed by atoms with Crippen LogP contribution in [0.25, 0.3) is 0 Å². The quantitative estimate of drug-likeness (QED) is 0.767. The maximum atomic E-state index is 13.1. The first-order valence-corrected chi connectivity index (χ1v) is 6.79. The molecule has 0 heterocycles. The molecule has 0 unspecified atom stereocenters. The first-order valence-electron chi connectivity index (χ1n) is 4.87. The summed E-state index contributed by atoms with van der Waals surface area (Å²) in [7, 11) is -3.45. The minimum atomic E-state index is -3.45. The van der Waals surface area contributed by atoms with Crippen LogP contribution in [0.5, 0.6) is 0 Å². The summed E-state index contributed by atoms with van der Waals surface area (Å²) in [5, 5.41) is 0.302. The smallest absolute Gasteiger partial charge is 0.305 e. The van der Waals surface area contributed by atoms with E-state index in [4.69, 9.17) is 20.6 Å². The molecular formula is C10H13ClFO3P. The fourth-order valence-electron chi connectivity index (χ4n) is 1.22. The number of hydrogen-bond acceptors (Lipinski definition) is 3. The van der Waals surface area contributed by atoms with E-state index >= 15 is 0 Å². The Bertz CT molecular complexity index is 381. The summed E-state index contributed by atoms with van der Waals surface area (Å²) in [6.45, 7) is 3.80. The number of halogens is 2. The van der Waals surface area contributed by atoms with Crippen LogP contribution in [0, 0.1) is 5.82 Å². The molecule has 16 heavy (non-hydrogen) atoms. The molecule has 1 aromatic carbocycles. The van der Waals surface area contributed by atoms with E-state index in [2.05, 4.69) is 0 Å². The average Bonchev–Trinajstić information content (AvgIpc) is 2.16. The first-order chi connectivity index (χ1) is 7.51. The van der Waals surface area contributed by atoms with Gasteiger partial charge in [0, 0.05) is 5.02 Å². The first kappa shape index (κ1) is 13.7. The summed E-state index contributed by atoms with van der Waals surface area (Å²) < 4.78 is 35.5. The van der Waals surface area contributed by atoms with Gasteiger partial charge in [-0.05, 0) is 32.0 Å². The van der Waals surface area contributed by atoms with Gasteiger partial charge in [0.05, 0.1) is 18.5 Å². The van der Waals surface area contributed by atoms with Crippen molar-refractivity contribution >= 4 is 24.5 Å². The fraction of sp³-hybridized carbons (Fsp3) is 0.400. The van der Waals surface area contributed by atoms with E-state index in [0.29, 0.717) is 0 Å². The van der Waals surface area contributed by atoms with Gasteiger partial charge in [0.15, 0.2) is 0 Å². The van der Waals surface area contributed by atoms with Gasteiger partial charge in [-0.3, -0.25) is 4.57 Å². The summed E-state index contributed by atoms with van der Waals surface area (Å²) in [4.78, 5) is 0. The van der Waals surface area contributed by atoms with Crippen LogP contribution in [0.3, 0.4) is 0 Å². The molecule has 0 atom stereocenters. The van der Waals surface area contributed by atoms with Gasteiger partial charge in [0.25, 0.3) is 0 Å². The highest BCUT2D eigenvalue weighted by Gasteiger charge is 2.27. The molecule has 0 aromatic heterocycles. The Labute approximate surface area is 99.1 Å². The molecule has 0 bridgehead atoms. The Kier molecular flexibility index (Phi) is 4.93. The molecule has 0 radical (unpaired) electrons. The van der Waals surface area contributed by atoms with Crippen LogP contribution in [0.15, 0.2) is 18.2 Å². The Morgan fingerprint density at radius 3 is 2.25 bits per heavy atom. The lowest BCUT2D eigenvalue weighted by Gasteiger charge is -2.17. The van der Waals surface area contributed by atoms with Crippen molar-refractivity contribution in [3.05, 3.63) is 29.0 Å². The predicted molar refractivity (Wildman–Crippen MR) is 61.9 cm³/mol. The second-order valence-corrected chi connectivity index (χ2v) is 5.42. The van der Waals surface area contributed by atoms with Crippen LogP contribution < -0.4 is 5.30 Å². The van der Waals surface area contributed by atoms with Gasteiger partial charge in [-0.25, -0.2) is 4.39 Å². The molecule has 0 N–H and O–H groups in total. The third-order valence-corrected chi connectivity index (χ3v) is 4.07. The summed E-state index contributed by atoms with van der Waals surface area (Å²) in [6.07, 6.45) is 0. The Morgan fingerprint density at radius 1 is 1.25 bits per heavy atom. The Hall–Kier alpha value is -0.410. The van der Waals surface area contributed by atoms with E-state index in [1.54, 1.807) is 13.8 Å². The molecule has 3 nitrogen and oxygen atoms in total. The Morgan fingerprint density at radius 2 is 1.81 bits per heavy atom. The number of rotatable bonds is 5. The summed E-state index contributed by atoms with van der Waals surface area (Å²) in [6, 6.07) is 3.63. The van der Waals surface area contributed by atoms with Gasteiger partial charge in [-0.1, -0.05) is 11.6 Å². The summed E-state index contributed by atoms with van der Waals surface area (Å²) >= 11 is 5.68. The maximum Gasteiger partial charge on any atom is 0.361 e. The third-order valence-electron chi connectivity index (χ3n) is 1.76. The van der Waals surface area contributed by atoms with E-state index in [-0.39, 0.29) is 23.5 Å². The van der Waals surface area contributed by atoms with Crippen molar-refractivity contribution in [1.82, 2.24) is 0 Å². The molecule has 0 aliphatic carbocycles. The van der Waals surface area contributed by atoms with E-state index in [9.17, 15) is 8.96 Å². The molecular weight excluding hydrogens is 254 g/mol. The molecule has 90 valence electrons. The molecule has 0 fully saturated rings. The average molecular weight is 267 g/mol. The highest BCUT2D eigenvalue weighted by molar-refractivity contribution is 7.62. The fourth-order valence-corrected chi connectivity index (χ4v) is 3.15. The Balaban J connectivity index is 3.15. The molecule has 0 amide bonds. The second-order valence-electron chi connectivity index (χ2n) is 2.96. The van der Waals surface area contributed by atoms with Crippen LogP contribution in [0.2, 0.25) is 5.02 Å². The van der Waals surface area contributed by atoms with Crippen LogP contribution >= 0.6 is 19.2 Å². The molecule has 1 rings (SSSR count). The van der Waals surface area contributed by atoms with E-state index < -0.39 is 13.4 Å². The van der Waals surface area contributed by atoms with Crippen molar-refractivity contribution in [2.24, 2.45) is 0 Å². The van der Waals surface area contributed by atoms with Gasteiger partial charge < -0.3 is 9.05 Å². The largest absolute Gasteiger partial charge is 0.361 e. The monoisotopic (exact) mass is 266 g/mol. The highest BCUT2D eigenvalue weighted by Crippen LogP contribution is 2.47.